The van der Waals surface area contributed by atoms with E-state index in [-0.39, 0.29) is 12.1 Å². The summed E-state index contributed by atoms with van der Waals surface area (Å²) in [6.07, 6.45) is 3.07. The van der Waals surface area contributed by atoms with Crippen LogP contribution >= 0.6 is 0 Å². The molecule has 0 bridgehead atoms. The van der Waals surface area contributed by atoms with E-state index >= 15 is 0 Å². The van der Waals surface area contributed by atoms with Crippen LogP contribution in [0.3, 0.4) is 0 Å². The lowest BCUT2D eigenvalue weighted by Gasteiger charge is -2.21. The maximum absolute atomic E-state index is 11.8. The number of hydrogen-bond acceptors (Lipinski definition) is 2. The predicted octanol–water partition coefficient (Wildman–Crippen LogP) is 3.20. The third kappa shape index (κ3) is 2.72. The van der Waals surface area contributed by atoms with Crippen molar-refractivity contribution in [2.45, 2.75) is 25.9 Å². The molecule has 2 atom stereocenters. The zero-order valence-electron chi connectivity index (χ0n) is 10.3. The maximum atomic E-state index is 11.8. The Kier molecular flexibility index (Phi) is 3.00. The molecule has 0 N–H and O–H groups in total. The largest absolute Gasteiger partial charge is 0.455 e. The molecule has 0 fully saturated rings. The van der Waals surface area contributed by atoms with Crippen LogP contribution in [0.1, 0.15) is 31.5 Å². The van der Waals surface area contributed by atoms with E-state index in [1.807, 2.05) is 18.2 Å². The van der Waals surface area contributed by atoms with Gasteiger partial charge in [0.2, 0.25) is 0 Å². The van der Waals surface area contributed by atoms with E-state index in [9.17, 15) is 4.79 Å². The molecule has 1 aromatic rings. The van der Waals surface area contributed by atoms with Gasteiger partial charge in [-0.3, -0.25) is 0 Å². The fourth-order valence-electron chi connectivity index (χ4n) is 1.81. The molecule has 0 unspecified atom stereocenters. The van der Waals surface area contributed by atoms with Crippen molar-refractivity contribution in [3.63, 3.8) is 0 Å². The van der Waals surface area contributed by atoms with Crippen molar-refractivity contribution in [3.8, 4) is 0 Å². The van der Waals surface area contributed by atoms with Crippen LogP contribution in [-0.2, 0) is 4.74 Å². The first kappa shape index (κ1) is 9.64. The fourth-order valence-corrected chi connectivity index (χ4v) is 1.81. The van der Waals surface area contributed by atoms with Crippen LogP contribution in [0.2, 0.25) is 0 Å². The molecule has 0 aliphatic heterocycles. The zero-order valence-corrected chi connectivity index (χ0v) is 9.35. The molecule has 16 heavy (non-hydrogen) atoms. The average Bonchev–Trinajstić information content (AvgIpc) is 2.28. The lowest BCUT2D eigenvalue weighted by Crippen LogP contribution is -2.21. The van der Waals surface area contributed by atoms with Gasteiger partial charge in [0.05, 0.1) is 6.93 Å². The Hall–Kier alpha value is -1.57. The Labute approximate surface area is 97.3 Å². The van der Waals surface area contributed by atoms with Gasteiger partial charge in [-0.1, -0.05) is 31.2 Å². The number of carbonyl (C=O) groups excluding carboxylic acids is 1. The Bertz CT molecular complexity index is 425. The molecule has 0 aromatic heterocycles. The third-order valence-electron chi connectivity index (χ3n) is 2.67. The molecule has 1 aliphatic rings. The van der Waals surface area contributed by atoms with E-state index < -0.39 is 0 Å². The van der Waals surface area contributed by atoms with Gasteiger partial charge in [-0.25, -0.2) is 4.79 Å². The highest BCUT2D eigenvalue weighted by Gasteiger charge is 2.18. The van der Waals surface area contributed by atoms with Gasteiger partial charge >= 0.3 is 5.97 Å². The molecule has 84 valence electrons. The minimum atomic E-state index is -0.311. The molecule has 0 saturated carbocycles. The smallest absolute Gasteiger partial charge is 0.338 e. The minimum Gasteiger partial charge on any atom is -0.455 e. The Morgan fingerprint density at radius 3 is 2.88 bits per heavy atom. The molecule has 2 rings (SSSR count). The van der Waals surface area contributed by atoms with Gasteiger partial charge in [0, 0.05) is 0 Å². The summed E-state index contributed by atoms with van der Waals surface area (Å²) >= 11 is 0. The number of allylic oxidation sites excluding steroid dienone is 1. The van der Waals surface area contributed by atoms with Gasteiger partial charge in [0.1, 0.15) is 6.10 Å². The Morgan fingerprint density at radius 2 is 2.19 bits per heavy atom. The summed E-state index contributed by atoms with van der Waals surface area (Å²) < 4.78 is 13.0. The standard InChI is InChI=1S/C14H16O2/c1-11-6-5-9-13(10-11)16-14(15)12-7-3-2-4-8-12/h2-5,7-9,11,13H,6,10H2,1H3/t11-,13+/m0/s1/i5D. The van der Waals surface area contributed by atoms with Crippen molar-refractivity contribution in [1.29, 1.82) is 0 Å². The lowest BCUT2D eigenvalue weighted by atomic mass is 9.94. The van der Waals surface area contributed by atoms with Crippen LogP contribution in [0.15, 0.2) is 42.5 Å². The first-order valence-electron chi connectivity index (χ1n) is 6.08. The van der Waals surface area contributed by atoms with Gasteiger partial charge in [-0.2, -0.15) is 0 Å². The summed E-state index contributed by atoms with van der Waals surface area (Å²) in [4.78, 5) is 11.8. The Balaban J connectivity index is 2.02. The van der Waals surface area contributed by atoms with E-state index in [1.165, 1.54) is 0 Å². The fraction of sp³-hybridized carbons (Fsp3) is 0.357. The zero-order chi connectivity index (χ0) is 12.3. The van der Waals surface area contributed by atoms with E-state index in [2.05, 4.69) is 6.92 Å². The van der Waals surface area contributed by atoms with Crippen molar-refractivity contribution in [1.82, 2.24) is 0 Å². The van der Waals surface area contributed by atoms with Crippen LogP contribution in [0, 0.1) is 5.92 Å². The van der Waals surface area contributed by atoms with Crippen molar-refractivity contribution in [2.24, 2.45) is 5.92 Å². The normalized spacial score (nSPS) is 25.6. The van der Waals surface area contributed by atoms with Crippen LogP contribution in [0.5, 0.6) is 0 Å². The van der Waals surface area contributed by atoms with Gasteiger partial charge in [0.15, 0.2) is 0 Å². The molecule has 2 nitrogen and oxygen atoms in total. The predicted molar refractivity (Wildman–Crippen MR) is 63.2 cm³/mol. The van der Waals surface area contributed by atoms with Gasteiger partial charge in [-0.05, 0) is 37.0 Å². The maximum Gasteiger partial charge on any atom is 0.338 e. The number of hydrogen-bond donors (Lipinski definition) is 0. The van der Waals surface area contributed by atoms with Gasteiger partial charge in [0.25, 0.3) is 0 Å². The molecule has 0 amide bonds. The summed E-state index contributed by atoms with van der Waals surface area (Å²) in [6, 6.07) is 9.52. The molecule has 1 aromatic carbocycles. The second-order valence-corrected chi connectivity index (χ2v) is 4.23. The van der Waals surface area contributed by atoms with E-state index in [0.717, 1.165) is 12.8 Å². The quantitative estimate of drug-likeness (QED) is 0.561. The van der Waals surface area contributed by atoms with Crippen molar-refractivity contribution in [3.05, 3.63) is 48.0 Å². The van der Waals surface area contributed by atoms with Crippen molar-refractivity contribution >= 4 is 5.97 Å². The average molecular weight is 217 g/mol. The molecule has 0 heterocycles. The number of carbonyl (C=O) groups is 1. The number of rotatable bonds is 2. The first-order chi connectivity index (χ1) is 8.15. The minimum absolute atomic E-state index is 0.251. The second kappa shape index (κ2) is 4.97. The SMILES string of the molecule is [2H]C1=C[C@@H](OC(=O)c2ccccc2)C[C@@H](C)C1. The van der Waals surface area contributed by atoms with E-state index in [1.54, 1.807) is 18.2 Å². The van der Waals surface area contributed by atoms with Gasteiger partial charge in [-0.15, -0.1) is 0 Å². The van der Waals surface area contributed by atoms with Crippen LogP contribution in [-0.4, -0.2) is 12.1 Å². The van der Waals surface area contributed by atoms with Crippen LogP contribution in [0.25, 0.3) is 0 Å². The number of benzene rings is 1. The number of esters is 1. The monoisotopic (exact) mass is 217 g/mol. The molecular formula is C14H16O2. The molecule has 1 aliphatic carbocycles. The first-order valence-corrected chi connectivity index (χ1v) is 5.58. The number of ether oxygens (including phenoxy) is 1. The molecular weight excluding hydrogens is 200 g/mol. The Morgan fingerprint density at radius 1 is 1.44 bits per heavy atom. The molecule has 0 radical (unpaired) electrons. The summed E-state index contributed by atoms with van der Waals surface area (Å²) in [5.41, 5.74) is 0.561. The van der Waals surface area contributed by atoms with Crippen LogP contribution < -0.4 is 0 Å². The highest BCUT2D eigenvalue weighted by Crippen LogP contribution is 2.20. The van der Waals surface area contributed by atoms with Crippen molar-refractivity contribution < 1.29 is 10.9 Å². The second-order valence-electron chi connectivity index (χ2n) is 4.23. The summed E-state index contributed by atoms with van der Waals surface area (Å²) in [6.45, 7) is 2.07. The lowest BCUT2D eigenvalue weighted by molar-refractivity contribution is 0.0344. The molecule has 2 heteroatoms. The van der Waals surface area contributed by atoms with Gasteiger partial charge < -0.3 is 4.74 Å². The molecule has 0 saturated heterocycles. The van der Waals surface area contributed by atoms with Crippen molar-refractivity contribution in [2.75, 3.05) is 0 Å². The summed E-state index contributed by atoms with van der Waals surface area (Å²) in [7, 11) is 0. The van der Waals surface area contributed by atoms with E-state index in [4.69, 9.17) is 6.11 Å². The highest BCUT2D eigenvalue weighted by atomic mass is 16.5. The van der Waals surface area contributed by atoms with Crippen LogP contribution in [0.4, 0.5) is 0 Å². The topological polar surface area (TPSA) is 26.3 Å². The highest BCUT2D eigenvalue weighted by molar-refractivity contribution is 5.89. The molecule has 0 spiro atoms. The summed E-state index contributed by atoms with van der Waals surface area (Å²) in [5, 5.41) is 0. The van der Waals surface area contributed by atoms with E-state index in [0.29, 0.717) is 17.5 Å². The summed E-state index contributed by atoms with van der Waals surface area (Å²) in [5.74, 6) is 0.0924. The third-order valence-corrected chi connectivity index (χ3v) is 2.67.